The van der Waals surface area contributed by atoms with Gasteiger partial charge in [0, 0.05) is 12.1 Å². The minimum absolute atomic E-state index is 0.630. The molecule has 0 aliphatic carbocycles. The predicted molar refractivity (Wildman–Crippen MR) is 35.1 cm³/mol. The van der Waals surface area contributed by atoms with Gasteiger partial charge in [0.1, 0.15) is 13.2 Å². The molecule has 0 bridgehead atoms. The summed E-state index contributed by atoms with van der Waals surface area (Å²) >= 11 is 0. The highest BCUT2D eigenvalue weighted by molar-refractivity contribution is 5.37. The van der Waals surface area contributed by atoms with Crippen molar-refractivity contribution in [3.8, 4) is 11.5 Å². The first-order chi connectivity index (χ1) is 4.97. The van der Waals surface area contributed by atoms with Crippen molar-refractivity contribution in [2.45, 2.75) is 0 Å². The minimum Gasteiger partial charge on any atom is -0.485 e. The second kappa shape index (κ2) is 2.11. The van der Waals surface area contributed by atoms with E-state index in [9.17, 15) is 0 Å². The van der Waals surface area contributed by atoms with Gasteiger partial charge in [0.2, 0.25) is 0 Å². The van der Waals surface area contributed by atoms with Gasteiger partial charge in [0.15, 0.2) is 11.5 Å². The molecule has 0 radical (unpaired) electrons. The molecule has 1 heterocycles. The van der Waals surface area contributed by atoms with Crippen molar-refractivity contribution >= 4 is 0 Å². The lowest BCUT2D eigenvalue weighted by molar-refractivity contribution is 0.171. The summed E-state index contributed by atoms with van der Waals surface area (Å²) in [6.45, 7) is 1.26. The summed E-state index contributed by atoms with van der Waals surface area (Å²) in [5, 5.41) is 0. The molecule has 10 heavy (non-hydrogen) atoms. The molecule has 0 N–H and O–H groups in total. The normalized spacial score (nSPS) is 14.0. The Hall–Kier alpha value is -1.36. The van der Waals surface area contributed by atoms with Crippen molar-refractivity contribution in [3.63, 3.8) is 0 Å². The molecule has 0 atom stereocenters. The summed E-state index contributed by atoms with van der Waals surface area (Å²) in [6, 6.07) is 9.04. The molecule has 2 nitrogen and oxygen atoms in total. The summed E-state index contributed by atoms with van der Waals surface area (Å²) in [5.41, 5.74) is 0. The second-order valence-electron chi connectivity index (χ2n) is 2.00. The van der Waals surface area contributed by atoms with Gasteiger partial charge in [-0.05, 0) is 0 Å². The van der Waals surface area contributed by atoms with Crippen LogP contribution in [0.15, 0.2) is 12.1 Å². The van der Waals surface area contributed by atoms with Crippen LogP contribution in [0.2, 0.25) is 0 Å². The van der Waals surface area contributed by atoms with E-state index in [4.69, 9.17) is 9.47 Å². The van der Waals surface area contributed by atoms with Crippen LogP contribution in [0.4, 0.5) is 0 Å². The van der Waals surface area contributed by atoms with Crippen molar-refractivity contribution in [2.24, 2.45) is 0 Å². The molecule has 1 aliphatic rings. The van der Waals surface area contributed by atoms with Crippen molar-refractivity contribution in [3.05, 3.63) is 24.3 Å². The van der Waals surface area contributed by atoms with Crippen molar-refractivity contribution in [2.75, 3.05) is 13.2 Å². The zero-order chi connectivity index (χ0) is 6.81. The van der Waals surface area contributed by atoms with Crippen molar-refractivity contribution in [1.82, 2.24) is 0 Å². The van der Waals surface area contributed by atoms with E-state index < -0.39 is 0 Å². The van der Waals surface area contributed by atoms with Gasteiger partial charge >= 0.3 is 0 Å². The molecule has 0 spiro atoms. The molecule has 1 aromatic rings. The third kappa shape index (κ3) is 0.763. The van der Waals surface area contributed by atoms with Gasteiger partial charge in [-0.25, -0.2) is 0 Å². The number of fused-ring (bicyclic) bond motifs is 1. The van der Waals surface area contributed by atoms with E-state index in [1.807, 2.05) is 0 Å². The third-order valence-corrected chi connectivity index (χ3v) is 1.33. The molecule has 50 valence electrons. The molecular weight excluding hydrogens is 128 g/mol. The standard InChI is InChI=1S/C8H6O2/c1-2-4-8-7(3-1)9-5-6-10-8/h3-4H,5-6H2. The highest BCUT2D eigenvalue weighted by atomic mass is 16.6. The van der Waals surface area contributed by atoms with E-state index in [1.54, 1.807) is 12.1 Å². The molecule has 1 aromatic carbocycles. The SMILES string of the molecule is c1cc2c(cc#1)OCCO2. The smallest absolute Gasteiger partial charge is 0.170 e. The van der Waals surface area contributed by atoms with Gasteiger partial charge in [-0.3, -0.25) is 0 Å². The van der Waals surface area contributed by atoms with Crippen molar-refractivity contribution in [1.29, 1.82) is 0 Å². The summed E-state index contributed by atoms with van der Waals surface area (Å²) in [6.07, 6.45) is 0. The van der Waals surface area contributed by atoms with Crippen LogP contribution in [0.1, 0.15) is 0 Å². The minimum atomic E-state index is 0.630. The monoisotopic (exact) mass is 134 g/mol. The zero-order valence-electron chi connectivity index (χ0n) is 5.39. The van der Waals surface area contributed by atoms with Crippen molar-refractivity contribution < 1.29 is 9.47 Å². The molecule has 2 heteroatoms. The maximum absolute atomic E-state index is 5.25. The van der Waals surface area contributed by atoms with E-state index in [2.05, 4.69) is 12.1 Å². The van der Waals surface area contributed by atoms with E-state index in [-0.39, 0.29) is 0 Å². The lowest BCUT2D eigenvalue weighted by Gasteiger charge is -2.15. The van der Waals surface area contributed by atoms with Crippen LogP contribution in [0.5, 0.6) is 11.5 Å². The average Bonchev–Trinajstić information content (AvgIpc) is 2.05. The number of rotatable bonds is 0. The summed E-state index contributed by atoms with van der Waals surface area (Å²) in [7, 11) is 0. The topological polar surface area (TPSA) is 18.5 Å². The largest absolute Gasteiger partial charge is 0.485 e. The Morgan fingerprint density at radius 1 is 1.00 bits per heavy atom. The second-order valence-corrected chi connectivity index (χ2v) is 2.00. The Morgan fingerprint density at radius 3 is 2.00 bits per heavy atom. The Morgan fingerprint density at radius 2 is 1.50 bits per heavy atom. The first-order valence-electron chi connectivity index (χ1n) is 3.14. The van der Waals surface area contributed by atoms with E-state index in [1.165, 1.54) is 0 Å². The third-order valence-electron chi connectivity index (χ3n) is 1.33. The van der Waals surface area contributed by atoms with Crippen LogP contribution < -0.4 is 9.47 Å². The first-order valence-corrected chi connectivity index (χ1v) is 3.14. The Bertz CT molecular complexity index is 207. The lowest BCUT2D eigenvalue weighted by Crippen LogP contribution is -2.14. The van der Waals surface area contributed by atoms with Gasteiger partial charge in [-0.15, -0.1) is 0 Å². The summed E-state index contributed by atoms with van der Waals surface area (Å²) in [4.78, 5) is 0. The molecule has 0 unspecified atom stereocenters. The maximum atomic E-state index is 5.25. The maximum Gasteiger partial charge on any atom is 0.170 e. The highest BCUT2D eigenvalue weighted by Gasteiger charge is 2.07. The van der Waals surface area contributed by atoms with Gasteiger partial charge in [0.25, 0.3) is 0 Å². The zero-order valence-corrected chi connectivity index (χ0v) is 5.39. The van der Waals surface area contributed by atoms with Crippen LogP contribution in [0, 0.1) is 12.1 Å². The van der Waals surface area contributed by atoms with Gasteiger partial charge < -0.3 is 9.47 Å². The molecule has 2 rings (SSSR count). The lowest BCUT2D eigenvalue weighted by atomic mass is 10.3. The van der Waals surface area contributed by atoms with Crippen LogP contribution in [0.25, 0.3) is 0 Å². The van der Waals surface area contributed by atoms with Crippen LogP contribution in [-0.2, 0) is 0 Å². The summed E-state index contributed by atoms with van der Waals surface area (Å²) in [5.74, 6) is 1.54. The predicted octanol–water partition coefficient (Wildman–Crippen LogP) is 1.06. The molecule has 0 saturated heterocycles. The van der Waals surface area contributed by atoms with E-state index in [0.29, 0.717) is 13.2 Å². The van der Waals surface area contributed by atoms with Gasteiger partial charge in [0.05, 0.1) is 0 Å². The number of hydrogen-bond acceptors (Lipinski definition) is 2. The molecule has 0 saturated carbocycles. The molecule has 1 aliphatic heterocycles. The highest BCUT2D eigenvalue weighted by Crippen LogP contribution is 2.26. The first kappa shape index (κ1) is 5.43. The molecule has 0 fully saturated rings. The van der Waals surface area contributed by atoms with E-state index >= 15 is 0 Å². The Balaban J connectivity index is 2.41. The molecule has 0 amide bonds. The number of hydrogen-bond donors (Lipinski definition) is 0. The summed E-state index contributed by atoms with van der Waals surface area (Å²) < 4.78 is 10.5. The fraction of sp³-hybridized carbons (Fsp3) is 0.250. The Labute approximate surface area is 59.4 Å². The quantitative estimate of drug-likeness (QED) is 0.528. The van der Waals surface area contributed by atoms with Gasteiger partial charge in [-0.1, -0.05) is 12.1 Å². The number of ether oxygens (including phenoxy) is 2. The fourth-order valence-corrected chi connectivity index (χ4v) is 0.886. The Kier molecular flexibility index (Phi) is 1.14. The van der Waals surface area contributed by atoms with Crippen LogP contribution >= 0.6 is 0 Å². The fourth-order valence-electron chi connectivity index (χ4n) is 0.886. The average molecular weight is 134 g/mol. The van der Waals surface area contributed by atoms with Crippen LogP contribution in [-0.4, -0.2) is 13.2 Å². The molecule has 0 aromatic heterocycles. The van der Waals surface area contributed by atoms with Crippen LogP contribution in [0.3, 0.4) is 0 Å². The van der Waals surface area contributed by atoms with Gasteiger partial charge in [-0.2, -0.15) is 0 Å². The van der Waals surface area contributed by atoms with E-state index in [0.717, 1.165) is 11.5 Å². The molecular formula is C8H6O2.